The van der Waals surface area contributed by atoms with E-state index >= 15 is 0 Å². The van der Waals surface area contributed by atoms with Crippen molar-refractivity contribution in [2.24, 2.45) is 4.99 Å². The summed E-state index contributed by atoms with van der Waals surface area (Å²) in [5.41, 5.74) is 1.14. The summed E-state index contributed by atoms with van der Waals surface area (Å²) in [6.07, 6.45) is 4.27. The van der Waals surface area contributed by atoms with Gasteiger partial charge in [0.25, 0.3) is 0 Å². The van der Waals surface area contributed by atoms with Gasteiger partial charge in [0, 0.05) is 34.9 Å². The van der Waals surface area contributed by atoms with Crippen LogP contribution in [0, 0.1) is 6.92 Å². The van der Waals surface area contributed by atoms with Gasteiger partial charge in [-0.2, -0.15) is 0 Å². The fraction of sp³-hybridized carbons (Fsp3) is 0.632. The molecule has 26 heavy (non-hydrogen) atoms. The lowest BCUT2D eigenvalue weighted by atomic mass is 9.95. The largest absolute Gasteiger partial charge is 0.491 e. The second-order valence-corrected chi connectivity index (χ2v) is 8.42. The lowest BCUT2D eigenvalue weighted by Crippen LogP contribution is -2.47. The van der Waals surface area contributed by atoms with Crippen molar-refractivity contribution in [2.45, 2.75) is 50.8 Å². The van der Waals surface area contributed by atoms with Crippen LogP contribution in [0.25, 0.3) is 0 Å². The Morgan fingerprint density at radius 3 is 2.81 bits per heavy atom. The van der Waals surface area contributed by atoms with E-state index in [1.807, 2.05) is 38.1 Å². The number of ether oxygens (including phenoxy) is 1. The lowest BCUT2D eigenvalue weighted by Gasteiger charge is -2.30. The topological polar surface area (TPSA) is 62.7 Å². The zero-order valence-electron chi connectivity index (χ0n) is 16.0. The summed E-state index contributed by atoms with van der Waals surface area (Å²) in [6, 6.07) is 8.37. The molecule has 0 aromatic heterocycles. The van der Waals surface area contributed by atoms with E-state index in [4.69, 9.17) is 4.74 Å². The molecule has 0 aliphatic heterocycles. The van der Waals surface area contributed by atoms with Crippen LogP contribution >= 0.6 is 24.0 Å². The Hall–Kier alpha value is -0.830. The van der Waals surface area contributed by atoms with Crippen LogP contribution in [0.3, 0.4) is 0 Å². The van der Waals surface area contributed by atoms with E-state index in [9.17, 15) is 4.21 Å². The normalized spacial score (nSPS) is 21.4. The molecule has 0 radical (unpaired) electrons. The smallest absolute Gasteiger partial charge is 0.191 e. The predicted molar refractivity (Wildman–Crippen MR) is 121 cm³/mol. The molecule has 0 saturated heterocycles. The monoisotopic (exact) mass is 493 g/mol. The Kier molecular flexibility index (Phi) is 11.2. The number of rotatable bonds is 7. The highest BCUT2D eigenvalue weighted by Gasteiger charge is 2.25. The molecule has 1 aromatic rings. The minimum Gasteiger partial charge on any atom is -0.491 e. The summed E-state index contributed by atoms with van der Waals surface area (Å²) < 4.78 is 17.9. The number of aryl methyl sites for hydroxylation is 1. The molecule has 0 bridgehead atoms. The van der Waals surface area contributed by atoms with E-state index in [0.717, 1.165) is 48.7 Å². The van der Waals surface area contributed by atoms with Gasteiger partial charge < -0.3 is 15.4 Å². The predicted octanol–water partition coefficient (Wildman–Crippen LogP) is 3.24. The first-order chi connectivity index (χ1) is 12.1. The van der Waals surface area contributed by atoms with Gasteiger partial charge in [0.05, 0.1) is 6.54 Å². The zero-order valence-corrected chi connectivity index (χ0v) is 19.1. The van der Waals surface area contributed by atoms with Crippen LogP contribution in [-0.4, -0.2) is 47.4 Å². The molecule has 1 saturated carbocycles. The van der Waals surface area contributed by atoms with E-state index in [0.29, 0.717) is 24.4 Å². The van der Waals surface area contributed by atoms with Crippen molar-refractivity contribution in [3.8, 4) is 5.75 Å². The molecule has 3 atom stereocenters. The van der Waals surface area contributed by atoms with E-state index in [-0.39, 0.29) is 24.0 Å². The molecule has 1 aliphatic rings. The van der Waals surface area contributed by atoms with Crippen LogP contribution in [0.2, 0.25) is 0 Å². The number of hydrogen-bond acceptors (Lipinski definition) is 3. The molecule has 7 heteroatoms. The molecule has 0 heterocycles. The Labute approximate surface area is 177 Å². The van der Waals surface area contributed by atoms with E-state index < -0.39 is 10.8 Å². The van der Waals surface area contributed by atoms with E-state index in [1.54, 1.807) is 7.05 Å². The van der Waals surface area contributed by atoms with Gasteiger partial charge in [-0.25, -0.2) is 0 Å². The quantitative estimate of drug-likeness (QED) is 0.265. The summed E-state index contributed by atoms with van der Waals surface area (Å²) in [5, 5.41) is 7.09. The highest BCUT2D eigenvalue weighted by atomic mass is 127. The molecule has 0 amide bonds. The van der Waals surface area contributed by atoms with Crippen LogP contribution in [-0.2, 0) is 10.8 Å². The molecule has 3 unspecified atom stereocenters. The fourth-order valence-electron chi connectivity index (χ4n) is 3.19. The van der Waals surface area contributed by atoms with Gasteiger partial charge in [-0.05, 0) is 37.8 Å². The molecule has 0 spiro atoms. The SMILES string of the molecule is CCS(=O)C1CCCC(NC(=NC)NCCOc2ccccc2C)C1.I. The maximum Gasteiger partial charge on any atom is 0.191 e. The van der Waals surface area contributed by atoms with E-state index in [1.165, 1.54) is 0 Å². The summed E-state index contributed by atoms with van der Waals surface area (Å²) >= 11 is 0. The average Bonchev–Trinajstić information content (AvgIpc) is 2.65. The van der Waals surface area contributed by atoms with Crippen molar-refractivity contribution in [3.05, 3.63) is 29.8 Å². The number of para-hydroxylation sites is 1. The average molecular weight is 493 g/mol. The van der Waals surface area contributed by atoms with Crippen LogP contribution in [0.5, 0.6) is 5.75 Å². The van der Waals surface area contributed by atoms with Gasteiger partial charge in [0.15, 0.2) is 5.96 Å². The number of benzene rings is 1. The third kappa shape index (κ3) is 7.42. The van der Waals surface area contributed by atoms with Crippen molar-refractivity contribution >= 4 is 40.7 Å². The Bertz CT molecular complexity index is 598. The number of nitrogens with zero attached hydrogens (tertiary/aromatic N) is 1. The van der Waals surface area contributed by atoms with Crippen LogP contribution in [0.15, 0.2) is 29.3 Å². The number of guanidine groups is 1. The Morgan fingerprint density at radius 1 is 1.35 bits per heavy atom. The van der Waals surface area contributed by atoms with Crippen LogP contribution in [0.1, 0.15) is 38.2 Å². The number of nitrogens with one attached hydrogen (secondary N) is 2. The summed E-state index contributed by atoms with van der Waals surface area (Å²) in [4.78, 5) is 4.30. The second-order valence-electron chi connectivity index (χ2n) is 6.41. The number of hydrogen-bond donors (Lipinski definition) is 2. The lowest BCUT2D eigenvalue weighted by molar-refractivity contribution is 0.319. The third-order valence-electron chi connectivity index (χ3n) is 4.59. The van der Waals surface area contributed by atoms with Crippen molar-refractivity contribution in [2.75, 3.05) is 26.0 Å². The molecule has 1 aromatic carbocycles. The van der Waals surface area contributed by atoms with Gasteiger partial charge in [0.2, 0.25) is 0 Å². The van der Waals surface area contributed by atoms with Gasteiger partial charge in [-0.1, -0.05) is 31.5 Å². The van der Waals surface area contributed by atoms with Gasteiger partial charge in [-0.3, -0.25) is 9.20 Å². The summed E-state index contributed by atoms with van der Waals surface area (Å²) in [5.74, 6) is 2.46. The van der Waals surface area contributed by atoms with E-state index in [2.05, 4.69) is 15.6 Å². The van der Waals surface area contributed by atoms with Crippen molar-refractivity contribution in [3.63, 3.8) is 0 Å². The van der Waals surface area contributed by atoms with Gasteiger partial charge >= 0.3 is 0 Å². The minimum atomic E-state index is -0.701. The number of halogens is 1. The second kappa shape index (κ2) is 12.5. The van der Waals surface area contributed by atoms with Crippen LogP contribution < -0.4 is 15.4 Å². The first kappa shape index (κ1) is 23.2. The molecule has 1 fully saturated rings. The van der Waals surface area contributed by atoms with Crippen LogP contribution in [0.4, 0.5) is 0 Å². The van der Waals surface area contributed by atoms with Crippen molar-refractivity contribution < 1.29 is 8.95 Å². The zero-order chi connectivity index (χ0) is 18.1. The molecular weight excluding hydrogens is 461 g/mol. The minimum absolute atomic E-state index is 0. The number of aliphatic imine (C=N–C) groups is 1. The fourth-order valence-corrected chi connectivity index (χ4v) is 4.54. The molecule has 148 valence electrons. The Balaban J connectivity index is 0.00000338. The molecule has 2 N–H and O–H groups in total. The van der Waals surface area contributed by atoms with Gasteiger partial charge in [-0.15, -0.1) is 24.0 Å². The molecule has 5 nitrogen and oxygen atoms in total. The standard InChI is InChI=1S/C19H31N3O2S.HI/c1-4-25(23)17-10-7-9-16(14-17)22-19(20-3)21-12-13-24-18-11-6-5-8-15(18)2;/h5-6,8,11,16-17H,4,7,9-10,12-14H2,1-3H3,(H2,20,21,22);1H. The maximum absolute atomic E-state index is 12.1. The first-order valence-corrected chi connectivity index (χ1v) is 10.5. The maximum atomic E-state index is 12.1. The summed E-state index contributed by atoms with van der Waals surface area (Å²) in [6.45, 7) is 5.31. The highest BCUT2D eigenvalue weighted by Crippen LogP contribution is 2.23. The first-order valence-electron chi connectivity index (χ1n) is 9.16. The summed E-state index contributed by atoms with van der Waals surface area (Å²) in [7, 11) is 1.08. The highest BCUT2D eigenvalue weighted by molar-refractivity contribution is 14.0. The third-order valence-corrected chi connectivity index (χ3v) is 6.33. The molecular formula is C19H32IN3O2S. The van der Waals surface area contributed by atoms with Crippen molar-refractivity contribution in [1.29, 1.82) is 0 Å². The Morgan fingerprint density at radius 2 is 2.12 bits per heavy atom. The van der Waals surface area contributed by atoms with Gasteiger partial charge in [0.1, 0.15) is 12.4 Å². The molecule has 1 aliphatic carbocycles. The molecule has 2 rings (SSSR count). The van der Waals surface area contributed by atoms with Crippen molar-refractivity contribution in [1.82, 2.24) is 10.6 Å².